The summed E-state index contributed by atoms with van der Waals surface area (Å²) < 4.78 is 0. The molecule has 44 valence electrons. The van der Waals surface area contributed by atoms with E-state index in [-0.39, 0.29) is 5.41 Å². The van der Waals surface area contributed by atoms with Gasteiger partial charge in [0.2, 0.25) is 0 Å². The van der Waals surface area contributed by atoms with Gasteiger partial charge in [0.05, 0.1) is 5.41 Å². The van der Waals surface area contributed by atoms with Crippen molar-refractivity contribution in [2.75, 3.05) is 0 Å². The maximum Gasteiger partial charge on any atom is 0.0690 e. The third-order valence-electron chi connectivity index (χ3n) is 2.41. The molecule has 0 unspecified atom stereocenters. The first-order valence-electron chi connectivity index (χ1n) is 2.91. The Morgan fingerprint density at radius 2 is 0.889 bits per heavy atom. The average molecular weight is 116 g/mol. The first-order valence-corrected chi connectivity index (χ1v) is 2.91. The predicted molar refractivity (Wildman–Crippen MR) is 39.0 cm³/mol. The molecule has 0 aromatic rings. The van der Waals surface area contributed by atoms with Crippen molar-refractivity contribution in [3.8, 4) is 0 Å². The Morgan fingerprint density at radius 1 is 0.667 bits per heavy atom. The van der Waals surface area contributed by atoms with E-state index in [1.807, 2.05) is 0 Å². The van der Waals surface area contributed by atoms with Crippen molar-refractivity contribution in [3.05, 3.63) is 48.6 Å². The van der Waals surface area contributed by atoms with Crippen molar-refractivity contribution in [3.63, 3.8) is 0 Å². The molecule has 0 N–H and O–H groups in total. The van der Waals surface area contributed by atoms with Crippen LogP contribution < -0.4 is 0 Å². The highest BCUT2D eigenvalue weighted by molar-refractivity contribution is 5.89. The highest BCUT2D eigenvalue weighted by atomic mass is 14.7. The van der Waals surface area contributed by atoms with Crippen LogP contribution in [-0.4, -0.2) is 0 Å². The Labute approximate surface area is 54.9 Å². The van der Waals surface area contributed by atoms with Crippen molar-refractivity contribution in [2.45, 2.75) is 0 Å². The molecular weight excluding hydrogens is 108 g/mol. The summed E-state index contributed by atoms with van der Waals surface area (Å²) in [5.74, 6) is 0. The van der Waals surface area contributed by atoms with Crippen molar-refractivity contribution in [1.82, 2.24) is 0 Å². The average Bonchev–Trinajstić information content (AvgIpc) is 2.52. The van der Waals surface area contributed by atoms with E-state index in [1.165, 1.54) is 0 Å². The Hall–Kier alpha value is -1.04. The van der Waals surface area contributed by atoms with Gasteiger partial charge in [-0.05, 0) is 22.3 Å². The normalized spacial score (nSPS) is 27.6. The van der Waals surface area contributed by atoms with Gasteiger partial charge in [-0.3, -0.25) is 0 Å². The number of rotatable bonds is 0. The predicted octanol–water partition coefficient (Wildman–Crippen LogP) is 2.22. The molecule has 0 atom stereocenters. The number of allylic oxidation sites excluding steroid dienone is 4. The summed E-state index contributed by atoms with van der Waals surface area (Å²) in [6.45, 7) is 15.4. The molecule has 1 spiro atoms. The van der Waals surface area contributed by atoms with Gasteiger partial charge in [-0.1, -0.05) is 26.3 Å². The topological polar surface area (TPSA) is 0 Å². The lowest BCUT2D eigenvalue weighted by Crippen LogP contribution is -1.61. The third kappa shape index (κ3) is 0.236. The molecule has 2 rings (SSSR count). The number of hydrogen-bond donors (Lipinski definition) is 0. The SMILES string of the molecule is C=C1C(=C)C12C(=C)C2=C. The second-order valence-corrected chi connectivity index (χ2v) is 2.66. The summed E-state index contributed by atoms with van der Waals surface area (Å²) in [6, 6.07) is 0. The van der Waals surface area contributed by atoms with Gasteiger partial charge < -0.3 is 0 Å². The summed E-state index contributed by atoms with van der Waals surface area (Å²) in [5.41, 5.74) is 4.55. The van der Waals surface area contributed by atoms with Crippen molar-refractivity contribution >= 4 is 0 Å². The van der Waals surface area contributed by atoms with Crippen molar-refractivity contribution in [2.24, 2.45) is 5.41 Å². The van der Waals surface area contributed by atoms with Gasteiger partial charge in [0.25, 0.3) is 0 Å². The minimum absolute atomic E-state index is 0.0556. The summed E-state index contributed by atoms with van der Waals surface area (Å²) in [5, 5.41) is 0. The van der Waals surface area contributed by atoms with Gasteiger partial charge in [-0.25, -0.2) is 0 Å². The maximum absolute atomic E-state index is 3.84. The summed E-state index contributed by atoms with van der Waals surface area (Å²) in [6.07, 6.45) is 0. The zero-order valence-corrected chi connectivity index (χ0v) is 5.33. The molecule has 0 heterocycles. The zero-order chi connectivity index (χ0) is 6.81. The van der Waals surface area contributed by atoms with Gasteiger partial charge in [0.1, 0.15) is 0 Å². The molecule has 0 radical (unpaired) electrons. The van der Waals surface area contributed by atoms with Gasteiger partial charge in [-0.2, -0.15) is 0 Å². The molecule has 9 heavy (non-hydrogen) atoms. The number of hydrogen-bond acceptors (Lipinski definition) is 0. The molecule has 0 aromatic carbocycles. The molecule has 0 aliphatic heterocycles. The molecule has 0 saturated heterocycles. The highest BCUT2D eigenvalue weighted by Crippen LogP contribution is 2.79. The van der Waals surface area contributed by atoms with Gasteiger partial charge in [0.15, 0.2) is 0 Å². The summed E-state index contributed by atoms with van der Waals surface area (Å²) in [4.78, 5) is 0. The van der Waals surface area contributed by atoms with E-state index in [0.717, 1.165) is 22.3 Å². The van der Waals surface area contributed by atoms with Gasteiger partial charge in [0, 0.05) is 0 Å². The Kier molecular flexibility index (Phi) is 0.459. The van der Waals surface area contributed by atoms with Crippen LogP contribution in [-0.2, 0) is 0 Å². The van der Waals surface area contributed by atoms with Crippen LogP contribution in [0.1, 0.15) is 0 Å². The minimum atomic E-state index is 0.0556. The molecule has 0 amide bonds. The molecule has 2 aliphatic rings. The van der Waals surface area contributed by atoms with Crippen LogP contribution in [0.3, 0.4) is 0 Å². The van der Waals surface area contributed by atoms with Gasteiger partial charge in [-0.15, -0.1) is 0 Å². The van der Waals surface area contributed by atoms with E-state index in [0.29, 0.717) is 0 Å². The molecule has 0 bridgehead atoms. The van der Waals surface area contributed by atoms with Crippen LogP contribution >= 0.6 is 0 Å². The van der Waals surface area contributed by atoms with E-state index in [9.17, 15) is 0 Å². The fourth-order valence-corrected chi connectivity index (χ4v) is 1.51. The fraction of sp³-hybridized carbons (Fsp3) is 0.111. The monoisotopic (exact) mass is 116 g/mol. The quantitative estimate of drug-likeness (QED) is 0.455. The van der Waals surface area contributed by atoms with Crippen LogP contribution in [0.15, 0.2) is 48.6 Å². The smallest absolute Gasteiger partial charge is 0.0690 e. The van der Waals surface area contributed by atoms with E-state index >= 15 is 0 Å². The lowest BCUT2D eigenvalue weighted by atomic mass is 10.3. The second kappa shape index (κ2) is 0.860. The Morgan fingerprint density at radius 3 is 0.889 bits per heavy atom. The van der Waals surface area contributed by atoms with Crippen LogP contribution in [0.5, 0.6) is 0 Å². The Bertz CT molecular complexity index is 215. The first-order chi connectivity index (χ1) is 4.13. The lowest BCUT2D eigenvalue weighted by molar-refractivity contribution is 1.16. The minimum Gasteiger partial charge on any atom is -0.0939 e. The van der Waals surface area contributed by atoms with Crippen LogP contribution in [0.4, 0.5) is 0 Å². The Balaban J connectivity index is 2.59. The fourth-order valence-electron chi connectivity index (χ4n) is 1.51. The molecule has 2 saturated carbocycles. The lowest BCUT2D eigenvalue weighted by Gasteiger charge is -1.66. The summed E-state index contributed by atoms with van der Waals surface area (Å²) >= 11 is 0. The van der Waals surface area contributed by atoms with Crippen LogP contribution in [0.2, 0.25) is 0 Å². The third-order valence-corrected chi connectivity index (χ3v) is 2.41. The molecule has 0 heteroatoms. The molecule has 2 aliphatic carbocycles. The van der Waals surface area contributed by atoms with E-state index in [2.05, 4.69) is 26.3 Å². The maximum atomic E-state index is 3.84. The standard InChI is InChI=1S/C9H8/c1-5-6(2)9(5)7(3)8(9)4/h1-4H2. The van der Waals surface area contributed by atoms with E-state index in [1.54, 1.807) is 0 Å². The van der Waals surface area contributed by atoms with Crippen LogP contribution in [0, 0.1) is 5.41 Å². The summed E-state index contributed by atoms with van der Waals surface area (Å²) in [7, 11) is 0. The van der Waals surface area contributed by atoms with Gasteiger partial charge >= 0.3 is 0 Å². The molecule has 0 aromatic heterocycles. The van der Waals surface area contributed by atoms with Crippen LogP contribution in [0.25, 0.3) is 0 Å². The largest absolute Gasteiger partial charge is 0.0939 e. The molecule has 2 fully saturated rings. The van der Waals surface area contributed by atoms with E-state index in [4.69, 9.17) is 0 Å². The highest BCUT2D eigenvalue weighted by Gasteiger charge is 2.68. The van der Waals surface area contributed by atoms with E-state index < -0.39 is 0 Å². The van der Waals surface area contributed by atoms with Crippen molar-refractivity contribution < 1.29 is 0 Å². The molecule has 0 nitrogen and oxygen atoms in total. The zero-order valence-electron chi connectivity index (χ0n) is 5.33. The van der Waals surface area contributed by atoms with Crippen molar-refractivity contribution in [1.29, 1.82) is 0 Å². The second-order valence-electron chi connectivity index (χ2n) is 2.66. The molecular formula is C9H8. The first kappa shape index (κ1) is 4.80.